The first-order valence-corrected chi connectivity index (χ1v) is 6.60. The van der Waals surface area contributed by atoms with Gasteiger partial charge in [-0.3, -0.25) is 9.88 Å². The zero-order chi connectivity index (χ0) is 13.7. The maximum absolute atomic E-state index is 9.09. The topological polar surface area (TPSA) is 36.4 Å². The number of hydrogen-bond donors (Lipinski definition) is 1. The predicted octanol–water partition coefficient (Wildman–Crippen LogP) is 2.87. The standard InChI is InChI=1S/C15H17ClN2O/c1-2-8-18(9-10-19)11-12-5-6-14(16)13-4-3-7-17-15(12)13/h2-7,19H,1,8-11H2. The van der Waals surface area contributed by atoms with Crippen molar-refractivity contribution in [2.75, 3.05) is 19.7 Å². The molecule has 3 nitrogen and oxygen atoms in total. The summed E-state index contributed by atoms with van der Waals surface area (Å²) in [7, 11) is 0. The number of halogens is 1. The molecular formula is C15H17ClN2O. The summed E-state index contributed by atoms with van der Waals surface area (Å²) >= 11 is 6.18. The minimum absolute atomic E-state index is 0.132. The molecule has 1 N–H and O–H groups in total. The Morgan fingerprint density at radius 3 is 2.95 bits per heavy atom. The first-order chi connectivity index (χ1) is 9.26. The Morgan fingerprint density at radius 1 is 1.37 bits per heavy atom. The highest BCUT2D eigenvalue weighted by Gasteiger charge is 2.09. The lowest BCUT2D eigenvalue weighted by atomic mass is 10.1. The molecule has 1 aromatic carbocycles. The summed E-state index contributed by atoms with van der Waals surface area (Å²) in [5.74, 6) is 0. The summed E-state index contributed by atoms with van der Waals surface area (Å²) in [6, 6.07) is 7.74. The van der Waals surface area contributed by atoms with Crippen molar-refractivity contribution < 1.29 is 5.11 Å². The van der Waals surface area contributed by atoms with Gasteiger partial charge in [0.2, 0.25) is 0 Å². The Bertz CT molecular complexity index is 571. The average molecular weight is 277 g/mol. The third kappa shape index (κ3) is 3.32. The van der Waals surface area contributed by atoms with Gasteiger partial charge in [0.05, 0.1) is 12.1 Å². The molecule has 0 spiro atoms. The molecule has 1 aromatic heterocycles. The minimum atomic E-state index is 0.132. The predicted molar refractivity (Wildman–Crippen MR) is 79.3 cm³/mol. The molecule has 0 unspecified atom stereocenters. The lowest BCUT2D eigenvalue weighted by Crippen LogP contribution is -2.26. The molecule has 2 rings (SSSR count). The molecule has 0 bridgehead atoms. The van der Waals surface area contributed by atoms with Gasteiger partial charge in [-0.15, -0.1) is 6.58 Å². The van der Waals surface area contributed by atoms with Crippen LogP contribution in [-0.4, -0.2) is 34.7 Å². The molecule has 0 fully saturated rings. The Labute approximate surface area is 118 Å². The van der Waals surface area contributed by atoms with Crippen molar-refractivity contribution in [1.82, 2.24) is 9.88 Å². The Kier molecular flexibility index (Phi) is 4.91. The van der Waals surface area contributed by atoms with E-state index in [1.807, 2.05) is 30.3 Å². The van der Waals surface area contributed by atoms with E-state index in [1.165, 1.54) is 0 Å². The fraction of sp³-hybridized carbons (Fsp3) is 0.267. The quantitative estimate of drug-likeness (QED) is 0.824. The number of hydrogen-bond acceptors (Lipinski definition) is 3. The lowest BCUT2D eigenvalue weighted by molar-refractivity contribution is 0.204. The summed E-state index contributed by atoms with van der Waals surface area (Å²) in [4.78, 5) is 6.53. The highest BCUT2D eigenvalue weighted by molar-refractivity contribution is 6.35. The number of pyridine rings is 1. The molecule has 2 aromatic rings. The number of aliphatic hydroxyl groups excluding tert-OH is 1. The van der Waals surface area contributed by atoms with Crippen LogP contribution in [0.5, 0.6) is 0 Å². The Morgan fingerprint density at radius 2 is 2.21 bits per heavy atom. The summed E-state index contributed by atoms with van der Waals surface area (Å²) in [5, 5.41) is 10.8. The molecule has 0 saturated carbocycles. The van der Waals surface area contributed by atoms with Crippen molar-refractivity contribution in [3.05, 3.63) is 53.7 Å². The Balaban J connectivity index is 2.34. The summed E-state index contributed by atoms with van der Waals surface area (Å²) in [5.41, 5.74) is 2.03. The smallest absolute Gasteiger partial charge is 0.0761 e. The van der Waals surface area contributed by atoms with Crippen LogP contribution in [0.25, 0.3) is 10.9 Å². The van der Waals surface area contributed by atoms with Crippen molar-refractivity contribution in [3.8, 4) is 0 Å². The third-order valence-electron chi connectivity index (χ3n) is 3.00. The lowest BCUT2D eigenvalue weighted by Gasteiger charge is -2.20. The van der Waals surface area contributed by atoms with Crippen LogP contribution in [-0.2, 0) is 6.54 Å². The third-order valence-corrected chi connectivity index (χ3v) is 3.33. The van der Waals surface area contributed by atoms with Crippen LogP contribution in [0.1, 0.15) is 5.56 Å². The molecule has 4 heteroatoms. The van der Waals surface area contributed by atoms with Crippen molar-refractivity contribution in [2.45, 2.75) is 6.54 Å². The van der Waals surface area contributed by atoms with Gasteiger partial charge in [0, 0.05) is 36.2 Å². The van der Waals surface area contributed by atoms with Crippen LogP contribution in [0.3, 0.4) is 0 Å². The van der Waals surface area contributed by atoms with Gasteiger partial charge < -0.3 is 5.11 Å². The van der Waals surface area contributed by atoms with Gasteiger partial charge in [-0.05, 0) is 23.8 Å². The fourth-order valence-electron chi connectivity index (χ4n) is 2.12. The normalized spacial score (nSPS) is 11.1. The molecule has 0 atom stereocenters. The molecular weight excluding hydrogens is 260 g/mol. The Hall–Kier alpha value is -1.42. The number of benzene rings is 1. The molecule has 0 saturated heterocycles. The molecule has 0 amide bonds. The van der Waals surface area contributed by atoms with Crippen LogP contribution >= 0.6 is 11.6 Å². The average Bonchev–Trinajstić information content (AvgIpc) is 2.43. The molecule has 100 valence electrons. The highest BCUT2D eigenvalue weighted by atomic mass is 35.5. The maximum atomic E-state index is 9.09. The first-order valence-electron chi connectivity index (χ1n) is 6.22. The number of aromatic nitrogens is 1. The molecule has 19 heavy (non-hydrogen) atoms. The molecule has 1 heterocycles. The summed E-state index contributed by atoms with van der Waals surface area (Å²) in [6.45, 7) is 5.94. The van der Waals surface area contributed by atoms with Gasteiger partial charge in [0.15, 0.2) is 0 Å². The van der Waals surface area contributed by atoms with Crippen molar-refractivity contribution in [1.29, 1.82) is 0 Å². The van der Waals surface area contributed by atoms with E-state index in [1.54, 1.807) is 6.20 Å². The SMILES string of the molecule is C=CCN(CCO)Cc1ccc(Cl)c2cccnc12. The summed E-state index contributed by atoms with van der Waals surface area (Å²) < 4.78 is 0. The van der Waals surface area contributed by atoms with Gasteiger partial charge in [-0.1, -0.05) is 23.7 Å². The first kappa shape index (κ1) is 14.0. The highest BCUT2D eigenvalue weighted by Crippen LogP contribution is 2.25. The molecule has 0 aliphatic heterocycles. The summed E-state index contributed by atoms with van der Waals surface area (Å²) in [6.07, 6.45) is 3.60. The van der Waals surface area contributed by atoms with E-state index in [0.717, 1.165) is 29.6 Å². The second-order valence-corrected chi connectivity index (χ2v) is 4.76. The van der Waals surface area contributed by atoms with Gasteiger partial charge >= 0.3 is 0 Å². The number of aliphatic hydroxyl groups is 1. The fourth-order valence-corrected chi connectivity index (χ4v) is 2.34. The largest absolute Gasteiger partial charge is 0.395 e. The van der Waals surface area contributed by atoms with Crippen LogP contribution in [0.15, 0.2) is 43.1 Å². The molecule has 0 radical (unpaired) electrons. The van der Waals surface area contributed by atoms with Crippen LogP contribution < -0.4 is 0 Å². The zero-order valence-electron chi connectivity index (χ0n) is 10.7. The van der Waals surface area contributed by atoms with E-state index in [-0.39, 0.29) is 6.61 Å². The second kappa shape index (κ2) is 6.66. The maximum Gasteiger partial charge on any atom is 0.0761 e. The second-order valence-electron chi connectivity index (χ2n) is 4.35. The van der Waals surface area contributed by atoms with E-state index in [9.17, 15) is 0 Å². The number of rotatable bonds is 6. The van der Waals surface area contributed by atoms with E-state index in [0.29, 0.717) is 11.6 Å². The van der Waals surface area contributed by atoms with Crippen molar-refractivity contribution >= 4 is 22.5 Å². The van der Waals surface area contributed by atoms with Crippen LogP contribution in [0.2, 0.25) is 5.02 Å². The van der Waals surface area contributed by atoms with E-state index in [2.05, 4.69) is 16.5 Å². The van der Waals surface area contributed by atoms with Crippen LogP contribution in [0, 0.1) is 0 Å². The van der Waals surface area contributed by atoms with Crippen LogP contribution in [0.4, 0.5) is 0 Å². The van der Waals surface area contributed by atoms with Crippen molar-refractivity contribution in [2.24, 2.45) is 0 Å². The number of nitrogens with zero attached hydrogens (tertiary/aromatic N) is 2. The molecule has 0 aliphatic carbocycles. The van der Waals surface area contributed by atoms with E-state index >= 15 is 0 Å². The van der Waals surface area contributed by atoms with Gasteiger partial charge in [-0.25, -0.2) is 0 Å². The van der Waals surface area contributed by atoms with Crippen molar-refractivity contribution in [3.63, 3.8) is 0 Å². The van der Waals surface area contributed by atoms with E-state index in [4.69, 9.17) is 16.7 Å². The monoisotopic (exact) mass is 276 g/mol. The molecule has 0 aliphatic rings. The zero-order valence-corrected chi connectivity index (χ0v) is 11.5. The van der Waals surface area contributed by atoms with Gasteiger partial charge in [-0.2, -0.15) is 0 Å². The minimum Gasteiger partial charge on any atom is -0.395 e. The van der Waals surface area contributed by atoms with E-state index < -0.39 is 0 Å². The van der Waals surface area contributed by atoms with Gasteiger partial charge in [0.25, 0.3) is 0 Å². The number of fused-ring (bicyclic) bond motifs is 1. The van der Waals surface area contributed by atoms with Gasteiger partial charge in [0.1, 0.15) is 0 Å².